The van der Waals surface area contributed by atoms with E-state index in [-0.39, 0.29) is 12.1 Å². The Morgan fingerprint density at radius 3 is 2.66 bits per heavy atom. The number of thiazole rings is 1. The first kappa shape index (κ1) is 19.5. The molecule has 2 aromatic rings. The molecule has 2 aliphatic heterocycles. The second-order valence-electron chi connectivity index (χ2n) is 7.07. The molecule has 29 heavy (non-hydrogen) atoms. The lowest BCUT2D eigenvalue weighted by Crippen LogP contribution is -2.39. The van der Waals surface area contributed by atoms with Gasteiger partial charge in [0.15, 0.2) is 5.13 Å². The largest absolute Gasteiger partial charge is 0.368 e. The van der Waals surface area contributed by atoms with Gasteiger partial charge in [-0.25, -0.2) is 9.37 Å². The smallest absolute Gasteiger partial charge is 0.273 e. The van der Waals surface area contributed by atoms with Gasteiger partial charge in [-0.2, -0.15) is 5.10 Å². The Bertz CT molecular complexity index is 938. The van der Waals surface area contributed by atoms with E-state index in [1.807, 2.05) is 5.38 Å². The third kappa shape index (κ3) is 4.43. The van der Waals surface area contributed by atoms with E-state index in [0.717, 1.165) is 25.3 Å². The maximum Gasteiger partial charge on any atom is 0.273 e. The van der Waals surface area contributed by atoms with E-state index in [1.54, 1.807) is 0 Å². The summed E-state index contributed by atoms with van der Waals surface area (Å²) in [6, 6.07) is 4.70. The van der Waals surface area contributed by atoms with Gasteiger partial charge in [0.2, 0.25) is 5.91 Å². The number of carbonyl (C=O) groups excluding carboxylic acids is 2. The van der Waals surface area contributed by atoms with Crippen LogP contribution in [0.2, 0.25) is 0 Å². The van der Waals surface area contributed by atoms with Gasteiger partial charge in [0.1, 0.15) is 17.6 Å². The number of hydrogen-bond acceptors (Lipinski definition) is 7. The van der Waals surface area contributed by atoms with Crippen molar-refractivity contribution in [3.05, 3.63) is 41.2 Å². The molecule has 1 saturated heterocycles. The highest BCUT2D eigenvalue weighted by molar-refractivity contribution is 7.14. The number of aromatic nitrogens is 1. The minimum atomic E-state index is -0.803. The number of hydrogen-bond donors (Lipinski definition) is 2. The van der Waals surface area contributed by atoms with Gasteiger partial charge >= 0.3 is 0 Å². The standard InChI is InChI=1S/C19H21FN6O2S/c20-12-3-5-14(6-4-12)26-16(17(21)27)9-15(24-26)18(28)23-19-22-13(11-29-19)10-25-7-1-2-8-25/h3-6,11,16H,1-2,7-10H2,(H2,21,27)(H,22,23,28). The molecule has 0 bridgehead atoms. The first-order valence-corrected chi connectivity index (χ1v) is 10.3. The number of anilines is 2. The minimum absolute atomic E-state index is 0.0740. The number of halogens is 1. The van der Waals surface area contributed by atoms with Crippen molar-refractivity contribution in [2.75, 3.05) is 23.4 Å². The highest BCUT2D eigenvalue weighted by Gasteiger charge is 2.35. The van der Waals surface area contributed by atoms with E-state index in [9.17, 15) is 14.0 Å². The number of hydrazone groups is 1. The van der Waals surface area contributed by atoms with E-state index in [1.165, 1.54) is 53.5 Å². The number of likely N-dealkylation sites (tertiary alicyclic amines) is 1. The number of carbonyl (C=O) groups is 2. The van der Waals surface area contributed by atoms with E-state index < -0.39 is 23.7 Å². The fraction of sp³-hybridized carbons (Fsp3) is 0.368. The van der Waals surface area contributed by atoms with Crippen molar-refractivity contribution in [3.63, 3.8) is 0 Å². The zero-order valence-electron chi connectivity index (χ0n) is 15.7. The first-order chi connectivity index (χ1) is 14.0. The Labute approximate surface area is 171 Å². The fourth-order valence-electron chi connectivity index (χ4n) is 3.48. The van der Waals surface area contributed by atoms with Crippen LogP contribution in [0.4, 0.5) is 15.2 Å². The van der Waals surface area contributed by atoms with Gasteiger partial charge in [0, 0.05) is 18.3 Å². The summed E-state index contributed by atoms with van der Waals surface area (Å²) < 4.78 is 13.2. The average Bonchev–Trinajstić information content (AvgIpc) is 3.43. The SMILES string of the molecule is NC(=O)C1CC(C(=O)Nc2nc(CN3CCCC3)cs2)=NN1c1ccc(F)cc1. The Hall–Kier alpha value is -2.85. The summed E-state index contributed by atoms with van der Waals surface area (Å²) in [7, 11) is 0. The van der Waals surface area contributed by atoms with Crippen molar-refractivity contribution in [2.24, 2.45) is 10.8 Å². The van der Waals surface area contributed by atoms with Crippen LogP contribution in [0.5, 0.6) is 0 Å². The molecule has 2 aliphatic rings. The molecule has 2 amide bonds. The number of nitrogens with zero attached hydrogens (tertiary/aromatic N) is 4. The topological polar surface area (TPSA) is 104 Å². The third-order valence-corrected chi connectivity index (χ3v) is 5.76. The average molecular weight is 416 g/mol. The summed E-state index contributed by atoms with van der Waals surface area (Å²) in [4.78, 5) is 31.3. The van der Waals surface area contributed by atoms with Crippen LogP contribution in [0.15, 0.2) is 34.7 Å². The molecule has 0 saturated carbocycles. The molecule has 0 radical (unpaired) electrons. The zero-order chi connectivity index (χ0) is 20.4. The van der Waals surface area contributed by atoms with Crippen LogP contribution in [-0.4, -0.2) is 46.5 Å². The molecule has 3 N–H and O–H groups in total. The Kier molecular flexibility index (Phi) is 5.54. The van der Waals surface area contributed by atoms with E-state index in [4.69, 9.17) is 5.73 Å². The summed E-state index contributed by atoms with van der Waals surface area (Å²) in [5, 5.41) is 10.8. The van der Waals surface area contributed by atoms with Gasteiger partial charge < -0.3 is 5.73 Å². The monoisotopic (exact) mass is 416 g/mol. The molecule has 3 heterocycles. The Morgan fingerprint density at radius 2 is 1.97 bits per heavy atom. The number of nitrogens with two attached hydrogens (primary N) is 1. The summed E-state index contributed by atoms with van der Waals surface area (Å²) in [5.74, 6) is -1.44. The predicted octanol–water partition coefficient (Wildman–Crippen LogP) is 1.94. The Balaban J connectivity index is 1.45. The van der Waals surface area contributed by atoms with Crippen LogP contribution < -0.4 is 16.1 Å². The number of rotatable bonds is 6. The molecule has 1 aromatic heterocycles. The lowest BCUT2D eigenvalue weighted by Gasteiger charge is -2.20. The summed E-state index contributed by atoms with van der Waals surface area (Å²) in [6.07, 6.45) is 2.49. The number of primary amides is 1. The van der Waals surface area contributed by atoms with Crippen molar-refractivity contribution in [3.8, 4) is 0 Å². The van der Waals surface area contributed by atoms with E-state index >= 15 is 0 Å². The fourth-order valence-corrected chi connectivity index (χ4v) is 4.17. The van der Waals surface area contributed by atoms with Crippen LogP contribution in [-0.2, 0) is 16.1 Å². The predicted molar refractivity (Wildman–Crippen MR) is 109 cm³/mol. The van der Waals surface area contributed by atoms with Gasteiger partial charge in [0.05, 0.1) is 11.4 Å². The Morgan fingerprint density at radius 1 is 1.24 bits per heavy atom. The van der Waals surface area contributed by atoms with Gasteiger partial charge in [-0.15, -0.1) is 11.3 Å². The van der Waals surface area contributed by atoms with Gasteiger partial charge in [0.25, 0.3) is 5.91 Å². The minimum Gasteiger partial charge on any atom is -0.368 e. The molecule has 1 aromatic carbocycles. The van der Waals surface area contributed by atoms with E-state index in [2.05, 4.69) is 20.3 Å². The first-order valence-electron chi connectivity index (χ1n) is 9.39. The van der Waals surface area contributed by atoms with Crippen molar-refractivity contribution in [1.82, 2.24) is 9.88 Å². The maximum absolute atomic E-state index is 13.2. The van der Waals surface area contributed by atoms with Crippen molar-refractivity contribution >= 4 is 39.7 Å². The highest BCUT2D eigenvalue weighted by Crippen LogP contribution is 2.26. The molecule has 4 rings (SSSR count). The number of nitrogens with one attached hydrogen (secondary N) is 1. The molecule has 8 nitrogen and oxygen atoms in total. The lowest BCUT2D eigenvalue weighted by molar-refractivity contribution is -0.119. The summed E-state index contributed by atoms with van der Waals surface area (Å²) in [6.45, 7) is 2.92. The summed E-state index contributed by atoms with van der Waals surface area (Å²) in [5.41, 5.74) is 7.06. The molecular weight excluding hydrogens is 395 g/mol. The van der Waals surface area contributed by atoms with Crippen molar-refractivity contribution in [1.29, 1.82) is 0 Å². The zero-order valence-corrected chi connectivity index (χ0v) is 16.5. The van der Waals surface area contributed by atoms with Crippen molar-refractivity contribution in [2.45, 2.75) is 31.8 Å². The molecule has 0 spiro atoms. The number of benzene rings is 1. The highest BCUT2D eigenvalue weighted by atomic mass is 32.1. The van der Waals surface area contributed by atoms with Crippen LogP contribution in [0.25, 0.3) is 0 Å². The maximum atomic E-state index is 13.2. The summed E-state index contributed by atoms with van der Waals surface area (Å²) >= 11 is 1.35. The second-order valence-corrected chi connectivity index (χ2v) is 7.93. The normalized spacial score (nSPS) is 19.4. The van der Waals surface area contributed by atoms with Gasteiger partial charge in [-0.3, -0.25) is 24.8 Å². The third-order valence-electron chi connectivity index (χ3n) is 4.95. The molecule has 10 heteroatoms. The molecule has 152 valence electrons. The van der Waals surface area contributed by atoms with Gasteiger partial charge in [-0.1, -0.05) is 0 Å². The van der Waals surface area contributed by atoms with Crippen LogP contribution in [0.3, 0.4) is 0 Å². The second kappa shape index (κ2) is 8.26. The number of amides is 2. The van der Waals surface area contributed by atoms with Crippen LogP contribution in [0.1, 0.15) is 25.0 Å². The van der Waals surface area contributed by atoms with Crippen LogP contribution >= 0.6 is 11.3 Å². The molecular formula is C19H21FN6O2S. The molecule has 1 atom stereocenters. The molecule has 1 fully saturated rings. The lowest BCUT2D eigenvalue weighted by atomic mass is 10.1. The quantitative estimate of drug-likeness (QED) is 0.749. The van der Waals surface area contributed by atoms with Crippen molar-refractivity contribution < 1.29 is 14.0 Å². The van der Waals surface area contributed by atoms with Gasteiger partial charge in [-0.05, 0) is 50.2 Å². The molecule has 1 unspecified atom stereocenters. The van der Waals surface area contributed by atoms with E-state index in [0.29, 0.717) is 10.8 Å². The molecule has 0 aliphatic carbocycles. The van der Waals surface area contributed by atoms with Crippen LogP contribution in [0, 0.1) is 5.82 Å².